The van der Waals surface area contributed by atoms with Crippen LogP contribution in [0.4, 0.5) is 5.69 Å². The molecule has 2 N–H and O–H groups in total. The fourth-order valence-electron chi connectivity index (χ4n) is 2.11. The van der Waals surface area contributed by atoms with E-state index in [2.05, 4.69) is 19.1 Å². The van der Waals surface area contributed by atoms with Crippen LogP contribution in [0.3, 0.4) is 0 Å². The predicted octanol–water partition coefficient (Wildman–Crippen LogP) is 3.63. The Kier molecular flexibility index (Phi) is 4.75. The van der Waals surface area contributed by atoms with Crippen LogP contribution in [0.5, 0.6) is 0 Å². The van der Waals surface area contributed by atoms with Gasteiger partial charge in [0.05, 0.1) is 6.10 Å². The second-order valence-electron chi connectivity index (χ2n) is 4.64. The molecule has 1 unspecified atom stereocenters. The highest BCUT2D eigenvalue weighted by Crippen LogP contribution is 2.24. The second kappa shape index (κ2) is 6.31. The molecule has 3 heteroatoms. The highest BCUT2D eigenvalue weighted by atomic mass is 32.2. The molecule has 1 aromatic rings. The number of hydrogen-bond donors (Lipinski definition) is 1. The summed E-state index contributed by atoms with van der Waals surface area (Å²) in [6, 6.07) is 6.28. The molecule has 0 spiro atoms. The number of anilines is 1. The molecule has 1 atom stereocenters. The molecule has 1 saturated heterocycles. The summed E-state index contributed by atoms with van der Waals surface area (Å²) in [6.07, 6.45) is 5.48. The van der Waals surface area contributed by atoms with Gasteiger partial charge in [0.25, 0.3) is 0 Å². The smallest absolute Gasteiger partial charge is 0.0576 e. The molecular weight excluding hydrogens is 230 g/mol. The molecule has 1 aliphatic heterocycles. The molecule has 1 aliphatic rings. The molecule has 1 aromatic carbocycles. The number of thioether (sulfide) groups is 1. The fraction of sp³-hybridized carbons (Fsp3) is 0.571. The van der Waals surface area contributed by atoms with E-state index >= 15 is 0 Å². The Morgan fingerprint density at radius 3 is 3.06 bits per heavy atom. The number of nitrogens with two attached hydrogens (primary N) is 1. The monoisotopic (exact) mass is 251 g/mol. The van der Waals surface area contributed by atoms with Crippen molar-refractivity contribution in [1.82, 2.24) is 0 Å². The van der Waals surface area contributed by atoms with Gasteiger partial charge in [-0.25, -0.2) is 0 Å². The Morgan fingerprint density at radius 2 is 2.35 bits per heavy atom. The lowest BCUT2D eigenvalue weighted by atomic mass is 10.1. The number of aryl methyl sites for hydroxylation is 1. The van der Waals surface area contributed by atoms with Gasteiger partial charge in [0.2, 0.25) is 0 Å². The van der Waals surface area contributed by atoms with Crippen LogP contribution in [0, 0.1) is 6.92 Å². The third-order valence-electron chi connectivity index (χ3n) is 3.20. The molecule has 0 radical (unpaired) electrons. The molecule has 1 heterocycles. The summed E-state index contributed by atoms with van der Waals surface area (Å²) in [5.74, 6) is 1.17. The van der Waals surface area contributed by atoms with Gasteiger partial charge in [-0.15, -0.1) is 11.8 Å². The van der Waals surface area contributed by atoms with Crippen molar-refractivity contribution in [3.05, 3.63) is 23.8 Å². The van der Waals surface area contributed by atoms with Crippen molar-refractivity contribution in [3.63, 3.8) is 0 Å². The summed E-state index contributed by atoms with van der Waals surface area (Å²) in [5, 5.41) is 0. The van der Waals surface area contributed by atoms with Crippen molar-refractivity contribution in [2.24, 2.45) is 0 Å². The summed E-state index contributed by atoms with van der Waals surface area (Å²) >= 11 is 1.92. The van der Waals surface area contributed by atoms with Crippen LogP contribution < -0.4 is 5.73 Å². The quantitative estimate of drug-likeness (QED) is 0.493. The van der Waals surface area contributed by atoms with Crippen molar-refractivity contribution < 1.29 is 4.74 Å². The third kappa shape index (κ3) is 3.93. The highest BCUT2D eigenvalue weighted by Gasteiger charge is 2.14. The van der Waals surface area contributed by atoms with Crippen molar-refractivity contribution in [2.75, 3.05) is 18.1 Å². The molecule has 17 heavy (non-hydrogen) atoms. The van der Waals surface area contributed by atoms with E-state index in [4.69, 9.17) is 10.5 Å². The van der Waals surface area contributed by atoms with Crippen LogP contribution in [0.25, 0.3) is 0 Å². The normalized spacial score (nSPS) is 19.7. The molecule has 0 amide bonds. The average molecular weight is 251 g/mol. The van der Waals surface area contributed by atoms with Crippen LogP contribution in [-0.2, 0) is 4.74 Å². The van der Waals surface area contributed by atoms with Gasteiger partial charge in [0.15, 0.2) is 0 Å². The van der Waals surface area contributed by atoms with Gasteiger partial charge in [0.1, 0.15) is 0 Å². The predicted molar refractivity (Wildman–Crippen MR) is 74.5 cm³/mol. The zero-order valence-electron chi connectivity index (χ0n) is 10.4. The molecule has 1 fully saturated rings. The van der Waals surface area contributed by atoms with Gasteiger partial charge in [-0.2, -0.15) is 0 Å². The van der Waals surface area contributed by atoms with Crippen molar-refractivity contribution >= 4 is 17.4 Å². The van der Waals surface area contributed by atoms with Crippen LogP contribution >= 0.6 is 11.8 Å². The van der Waals surface area contributed by atoms with E-state index in [1.807, 2.05) is 17.8 Å². The standard InChI is InChI=1S/C14H21NOS/c1-11-10-13(6-7-14(11)15)17-9-3-5-12-4-2-8-16-12/h6-7,10,12H,2-5,8-9,15H2,1H3. The first-order chi connectivity index (χ1) is 8.25. The maximum Gasteiger partial charge on any atom is 0.0576 e. The summed E-state index contributed by atoms with van der Waals surface area (Å²) in [6.45, 7) is 3.03. The molecule has 0 aromatic heterocycles. The third-order valence-corrected chi connectivity index (χ3v) is 4.28. The first kappa shape index (κ1) is 12.8. The van der Waals surface area contributed by atoms with Gasteiger partial charge in [-0.1, -0.05) is 0 Å². The molecular formula is C14H21NOS. The average Bonchev–Trinajstić information content (AvgIpc) is 2.82. The first-order valence-corrected chi connectivity index (χ1v) is 7.35. The number of benzene rings is 1. The van der Waals surface area contributed by atoms with Gasteiger partial charge in [-0.05, 0) is 62.1 Å². The van der Waals surface area contributed by atoms with E-state index in [9.17, 15) is 0 Å². The molecule has 0 bridgehead atoms. The Labute approximate surface area is 108 Å². The Hall–Kier alpha value is -0.670. The zero-order chi connectivity index (χ0) is 12.1. The molecule has 0 saturated carbocycles. The van der Waals surface area contributed by atoms with Crippen LogP contribution in [-0.4, -0.2) is 18.5 Å². The van der Waals surface area contributed by atoms with Gasteiger partial charge >= 0.3 is 0 Å². The minimum atomic E-state index is 0.531. The van der Waals surface area contributed by atoms with E-state index in [-0.39, 0.29) is 0 Å². The van der Waals surface area contributed by atoms with Crippen molar-refractivity contribution in [2.45, 2.75) is 43.6 Å². The van der Waals surface area contributed by atoms with E-state index in [0.29, 0.717) is 6.10 Å². The molecule has 2 rings (SSSR count). The van der Waals surface area contributed by atoms with Crippen LogP contribution in [0.15, 0.2) is 23.1 Å². The second-order valence-corrected chi connectivity index (χ2v) is 5.81. The zero-order valence-corrected chi connectivity index (χ0v) is 11.3. The Bertz CT molecular complexity index is 361. The summed E-state index contributed by atoms with van der Waals surface area (Å²) < 4.78 is 5.61. The van der Waals surface area contributed by atoms with Crippen molar-refractivity contribution in [3.8, 4) is 0 Å². The Balaban J connectivity index is 1.68. The summed E-state index contributed by atoms with van der Waals surface area (Å²) in [4.78, 5) is 1.32. The molecule has 0 aliphatic carbocycles. The topological polar surface area (TPSA) is 35.2 Å². The Morgan fingerprint density at radius 1 is 1.47 bits per heavy atom. The van der Waals surface area contributed by atoms with E-state index in [0.717, 1.165) is 12.3 Å². The summed E-state index contributed by atoms with van der Waals surface area (Å²) in [7, 11) is 0. The van der Waals surface area contributed by atoms with Crippen LogP contribution in [0.2, 0.25) is 0 Å². The summed E-state index contributed by atoms with van der Waals surface area (Å²) in [5.41, 5.74) is 7.86. The highest BCUT2D eigenvalue weighted by molar-refractivity contribution is 7.99. The van der Waals surface area contributed by atoms with Crippen LogP contribution in [0.1, 0.15) is 31.2 Å². The number of ether oxygens (including phenoxy) is 1. The fourth-order valence-corrected chi connectivity index (χ4v) is 3.08. The van der Waals surface area contributed by atoms with E-state index in [1.54, 1.807) is 0 Å². The lowest BCUT2D eigenvalue weighted by molar-refractivity contribution is 0.104. The van der Waals surface area contributed by atoms with Gasteiger partial charge in [-0.3, -0.25) is 0 Å². The minimum absolute atomic E-state index is 0.531. The minimum Gasteiger partial charge on any atom is -0.399 e. The number of nitrogen functional groups attached to an aromatic ring is 1. The molecule has 2 nitrogen and oxygen atoms in total. The SMILES string of the molecule is Cc1cc(SCCCC2CCCO2)ccc1N. The lowest BCUT2D eigenvalue weighted by Gasteiger charge is -2.09. The maximum absolute atomic E-state index is 5.80. The van der Waals surface area contributed by atoms with Gasteiger partial charge in [0, 0.05) is 17.2 Å². The van der Waals surface area contributed by atoms with E-state index in [1.165, 1.54) is 41.9 Å². The largest absolute Gasteiger partial charge is 0.399 e. The van der Waals surface area contributed by atoms with Gasteiger partial charge < -0.3 is 10.5 Å². The first-order valence-electron chi connectivity index (χ1n) is 6.36. The number of hydrogen-bond acceptors (Lipinski definition) is 3. The van der Waals surface area contributed by atoms with E-state index < -0.39 is 0 Å². The number of rotatable bonds is 5. The van der Waals surface area contributed by atoms with Crippen molar-refractivity contribution in [1.29, 1.82) is 0 Å². The lowest BCUT2D eigenvalue weighted by Crippen LogP contribution is -2.04. The maximum atomic E-state index is 5.80. The molecule has 94 valence electrons.